The fourth-order valence-electron chi connectivity index (χ4n) is 2.58. The van der Waals surface area contributed by atoms with E-state index in [1.807, 2.05) is 25.1 Å². The Hall–Kier alpha value is -1.26. The Bertz CT molecular complexity index is 428. The molecule has 4 nitrogen and oxygen atoms in total. The van der Waals surface area contributed by atoms with E-state index in [2.05, 4.69) is 11.9 Å². The highest BCUT2D eigenvalue weighted by Crippen LogP contribution is 2.37. The summed E-state index contributed by atoms with van der Waals surface area (Å²) in [6, 6.07) is 5.87. The molecule has 2 rings (SSSR count). The van der Waals surface area contributed by atoms with Crippen LogP contribution < -0.4 is 9.47 Å². The lowest BCUT2D eigenvalue weighted by Gasteiger charge is -2.30. The van der Waals surface area contributed by atoms with Gasteiger partial charge < -0.3 is 19.5 Å². The number of likely N-dealkylation sites (tertiary alicyclic amines) is 1. The fourth-order valence-corrected chi connectivity index (χ4v) is 2.58. The van der Waals surface area contributed by atoms with Gasteiger partial charge in [-0.1, -0.05) is 19.1 Å². The van der Waals surface area contributed by atoms with Gasteiger partial charge in [-0.05, 0) is 26.0 Å². The number of benzene rings is 1. The van der Waals surface area contributed by atoms with E-state index in [1.54, 1.807) is 7.11 Å². The lowest BCUT2D eigenvalue weighted by molar-refractivity contribution is 0.109. The van der Waals surface area contributed by atoms with Crippen molar-refractivity contribution < 1.29 is 14.6 Å². The molecule has 4 heteroatoms. The smallest absolute Gasteiger partial charge is 0.165 e. The maximum atomic E-state index is 9.41. The molecule has 0 amide bonds. The number of ether oxygens (including phenoxy) is 2. The van der Waals surface area contributed by atoms with E-state index in [0.29, 0.717) is 0 Å². The van der Waals surface area contributed by atoms with Gasteiger partial charge in [-0.25, -0.2) is 0 Å². The van der Waals surface area contributed by atoms with Crippen LogP contribution in [0.15, 0.2) is 18.2 Å². The molecule has 1 unspecified atom stereocenters. The summed E-state index contributed by atoms with van der Waals surface area (Å²) < 4.78 is 11.6. The first-order valence-corrected chi connectivity index (χ1v) is 7.28. The van der Waals surface area contributed by atoms with Crippen LogP contribution in [0.2, 0.25) is 0 Å². The number of hydrogen-bond acceptors (Lipinski definition) is 4. The number of piperidine rings is 1. The summed E-state index contributed by atoms with van der Waals surface area (Å²) in [7, 11) is 3.79. The SMILES string of the molecule is COc1cccc(C(C)CO)c1OC1CCN(C)CC1. The van der Waals surface area contributed by atoms with Crippen molar-refractivity contribution in [1.82, 2.24) is 4.90 Å². The molecule has 0 radical (unpaired) electrons. The Morgan fingerprint density at radius 2 is 2.05 bits per heavy atom. The van der Waals surface area contributed by atoms with Crippen LogP contribution in [0.25, 0.3) is 0 Å². The molecule has 0 aliphatic carbocycles. The first-order valence-electron chi connectivity index (χ1n) is 7.28. The Morgan fingerprint density at radius 1 is 1.35 bits per heavy atom. The molecule has 1 heterocycles. The average Bonchev–Trinajstić information content (AvgIpc) is 2.49. The minimum Gasteiger partial charge on any atom is -0.493 e. The monoisotopic (exact) mass is 279 g/mol. The standard InChI is InChI=1S/C16H25NO3/c1-12(11-18)14-5-4-6-15(19-3)16(14)20-13-7-9-17(2)10-8-13/h4-6,12-13,18H,7-11H2,1-3H3. The zero-order chi connectivity index (χ0) is 14.5. The molecule has 1 N–H and O–H groups in total. The van der Waals surface area contributed by atoms with Gasteiger partial charge in [-0.2, -0.15) is 0 Å². The minimum atomic E-state index is 0.0476. The first kappa shape index (κ1) is 15.1. The Kier molecular flexibility index (Phi) is 5.26. The number of aliphatic hydroxyl groups is 1. The Morgan fingerprint density at radius 3 is 2.65 bits per heavy atom. The molecule has 1 saturated heterocycles. The van der Waals surface area contributed by atoms with Crippen LogP contribution in [0, 0.1) is 0 Å². The molecule has 1 aromatic carbocycles. The molecule has 112 valence electrons. The molecule has 1 fully saturated rings. The number of nitrogens with zero attached hydrogens (tertiary/aromatic N) is 1. The van der Waals surface area contributed by atoms with Crippen molar-refractivity contribution in [2.24, 2.45) is 0 Å². The van der Waals surface area contributed by atoms with E-state index in [-0.39, 0.29) is 18.6 Å². The number of para-hydroxylation sites is 1. The van der Waals surface area contributed by atoms with E-state index in [0.717, 1.165) is 43.0 Å². The van der Waals surface area contributed by atoms with Crippen LogP contribution in [-0.4, -0.2) is 50.0 Å². The summed E-state index contributed by atoms with van der Waals surface area (Å²) in [6.07, 6.45) is 2.29. The first-order chi connectivity index (χ1) is 9.65. The minimum absolute atomic E-state index is 0.0476. The van der Waals surface area contributed by atoms with Gasteiger partial charge in [0.25, 0.3) is 0 Å². The van der Waals surface area contributed by atoms with Gasteiger partial charge in [0.2, 0.25) is 0 Å². The van der Waals surface area contributed by atoms with Crippen LogP contribution in [0.4, 0.5) is 0 Å². The Balaban J connectivity index is 2.19. The van der Waals surface area contributed by atoms with Gasteiger partial charge in [-0.3, -0.25) is 0 Å². The zero-order valence-electron chi connectivity index (χ0n) is 12.6. The zero-order valence-corrected chi connectivity index (χ0v) is 12.6. The number of aliphatic hydroxyl groups excluding tert-OH is 1. The highest BCUT2D eigenvalue weighted by Gasteiger charge is 2.22. The van der Waals surface area contributed by atoms with Gasteiger partial charge >= 0.3 is 0 Å². The fraction of sp³-hybridized carbons (Fsp3) is 0.625. The van der Waals surface area contributed by atoms with Crippen LogP contribution >= 0.6 is 0 Å². The molecule has 1 aromatic rings. The molecule has 1 aliphatic heterocycles. The molecule has 1 atom stereocenters. The van der Waals surface area contributed by atoms with Crippen molar-refractivity contribution in [3.63, 3.8) is 0 Å². The molecule has 0 spiro atoms. The molecule has 0 saturated carbocycles. The van der Waals surface area contributed by atoms with Gasteiger partial charge in [-0.15, -0.1) is 0 Å². The van der Waals surface area contributed by atoms with Crippen molar-refractivity contribution in [2.75, 3.05) is 33.9 Å². The second-order valence-electron chi connectivity index (χ2n) is 5.58. The molecular weight excluding hydrogens is 254 g/mol. The van der Waals surface area contributed by atoms with E-state index < -0.39 is 0 Å². The summed E-state index contributed by atoms with van der Waals surface area (Å²) in [5.74, 6) is 1.60. The predicted octanol–water partition coefficient (Wildman–Crippen LogP) is 2.26. The second-order valence-corrected chi connectivity index (χ2v) is 5.58. The van der Waals surface area contributed by atoms with Crippen molar-refractivity contribution >= 4 is 0 Å². The summed E-state index contributed by atoms with van der Waals surface area (Å²) in [5.41, 5.74) is 1.02. The number of methoxy groups -OCH3 is 1. The molecule has 0 aromatic heterocycles. The van der Waals surface area contributed by atoms with Gasteiger partial charge in [0.15, 0.2) is 11.5 Å². The van der Waals surface area contributed by atoms with Crippen molar-refractivity contribution in [3.8, 4) is 11.5 Å². The van der Waals surface area contributed by atoms with E-state index in [4.69, 9.17) is 9.47 Å². The predicted molar refractivity (Wildman–Crippen MR) is 79.6 cm³/mol. The molecule has 20 heavy (non-hydrogen) atoms. The number of rotatable bonds is 5. The van der Waals surface area contributed by atoms with Crippen molar-refractivity contribution in [3.05, 3.63) is 23.8 Å². The molecule has 1 aliphatic rings. The van der Waals surface area contributed by atoms with Gasteiger partial charge in [0, 0.05) is 31.2 Å². The third kappa shape index (κ3) is 3.44. The van der Waals surface area contributed by atoms with E-state index in [9.17, 15) is 5.11 Å². The summed E-state index contributed by atoms with van der Waals surface area (Å²) in [4.78, 5) is 2.32. The summed E-state index contributed by atoms with van der Waals surface area (Å²) >= 11 is 0. The van der Waals surface area contributed by atoms with Crippen LogP contribution in [-0.2, 0) is 0 Å². The summed E-state index contributed by atoms with van der Waals surface area (Å²) in [5, 5.41) is 9.41. The van der Waals surface area contributed by atoms with Gasteiger partial charge in [0.1, 0.15) is 6.10 Å². The third-order valence-electron chi connectivity index (χ3n) is 3.98. The average molecular weight is 279 g/mol. The van der Waals surface area contributed by atoms with Crippen molar-refractivity contribution in [2.45, 2.75) is 31.8 Å². The second kappa shape index (κ2) is 6.95. The molecular formula is C16H25NO3. The van der Waals surface area contributed by atoms with E-state index in [1.165, 1.54) is 0 Å². The summed E-state index contributed by atoms with van der Waals surface area (Å²) in [6.45, 7) is 4.22. The quantitative estimate of drug-likeness (QED) is 0.898. The van der Waals surface area contributed by atoms with E-state index >= 15 is 0 Å². The van der Waals surface area contributed by atoms with Crippen molar-refractivity contribution in [1.29, 1.82) is 0 Å². The molecule has 0 bridgehead atoms. The maximum Gasteiger partial charge on any atom is 0.165 e. The lowest BCUT2D eigenvalue weighted by Crippen LogP contribution is -2.35. The normalized spacial score (nSPS) is 18.8. The Labute approximate surface area is 121 Å². The van der Waals surface area contributed by atoms with Crippen LogP contribution in [0.5, 0.6) is 11.5 Å². The highest BCUT2D eigenvalue weighted by atomic mass is 16.5. The highest BCUT2D eigenvalue weighted by molar-refractivity contribution is 5.48. The lowest BCUT2D eigenvalue weighted by atomic mass is 10.00. The van der Waals surface area contributed by atoms with Gasteiger partial charge in [0.05, 0.1) is 7.11 Å². The number of hydrogen-bond donors (Lipinski definition) is 1. The van der Waals surface area contributed by atoms with Crippen LogP contribution in [0.3, 0.4) is 0 Å². The largest absolute Gasteiger partial charge is 0.493 e. The van der Waals surface area contributed by atoms with Crippen LogP contribution in [0.1, 0.15) is 31.2 Å². The topological polar surface area (TPSA) is 41.9 Å². The third-order valence-corrected chi connectivity index (χ3v) is 3.98. The maximum absolute atomic E-state index is 9.41.